The van der Waals surface area contributed by atoms with Gasteiger partial charge in [0, 0.05) is 70.9 Å². The van der Waals surface area contributed by atoms with Crippen molar-refractivity contribution in [3.8, 4) is 0 Å². The lowest BCUT2D eigenvalue weighted by atomic mass is 9.94. The third-order valence-corrected chi connectivity index (χ3v) is 5.99. The maximum Gasteiger partial charge on any atom is 0.233 e. The van der Waals surface area contributed by atoms with Crippen molar-refractivity contribution in [1.29, 1.82) is 0 Å². The Morgan fingerprint density at radius 1 is 1.13 bits per heavy atom. The predicted molar refractivity (Wildman–Crippen MR) is 113 cm³/mol. The Balaban J connectivity index is 1.45. The van der Waals surface area contributed by atoms with Crippen molar-refractivity contribution in [2.24, 2.45) is 7.05 Å². The highest BCUT2D eigenvalue weighted by atomic mass is 19.1. The van der Waals surface area contributed by atoms with Gasteiger partial charge in [-0.2, -0.15) is 5.10 Å². The molecule has 0 N–H and O–H groups in total. The summed E-state index contributed by atoms with van der Waals surface area (Å²) in [5.74, 6) is -0.738. The molecule has 2 aliphatic rings. The van der Waals surface area contributed by atoms with E-state index in [2.05, 4.69) is 10.00 Å². The SMILES string of the molecule is COCCC(=O)N1Cc2cn(C)nc2[C@H](C(=O)N2CCN(c3ccc(F)cc3)CC2)C1. The molecule has 0 saturated carbocycles. The number of fused-ring (bicyclic) bond motifs is 1. The summed E-state index contributed by atoms with van der Waals surface area (Å²) in [6, 6.07) is 6.43. The van der Waals surface area contributed by atoms with Crippen molar-refractivity contribution in [2.75, 3.05) is 51.3 Å². The van der Waals surface area contributed by atoms with Gasteiger partial charge in [-0.15, -0.1) is 0 Å². The normalized spacial score (nSPS) is 18.8. The van der Waals surface area contributed by atoms with Crippen LogP contribution >= 0.6 is 0 Å². The van der Waals surface area contributed by atoms with Crippen LogP contribution in [0.3, 0.4) is 0 Å². The molecule has 0 unspecified atom stereocenters. The van der Waals surface area contributed by atoms with Gasteiger partial charge < -0.3 is 19.4 Å². The maximum atomic E-state index is 13.4. The quantitative estimate of drug-likeness (QED) is 0.718. The lowest BCUT2D eigenvalue weighted by Crippen LogP contribution is -2.52. The first-order valence-corrected chi connectivity index (χ1v) is 10.5. The van der Waals surface area contributed by atoms with Gasteiger partial charge in [-0.05, 0) is 24.3 Å². The molecule has 2 amide bonds. The van der Waals surface area contributed by atoms with E-state index in [0.717, 1.165) is 16.9 Å². The van der Waals surface area contributed by atoms with Crippen molar-refractivity contribution < 1.29 is 18.7 Å². The third-order valence-electron chi connectivity index (χ3n) is 5.99. The van der Waals surface area contributed by atoms with Gasteiger partial charge >= 0.3 is 0 Å². The van der Waals surface area contributed by atoms with E-state index in [0.29, 0.717) is 52.3 Å². The average molecular weight is 429 g/mol. The zero-order valence-electron chi connectivity index (χ0n) is 18.0. The molecular formula is C22H28FN5O3. The van der Waals surface area contributed by atoms with Crippen LogP contribution in [-0.4, -0.2) is 77.8 Å². The molecule has 31 heavy (non-hydrogen) atoms. The van der Waals surface area contributed by atoms with Crippen molar-refractivity contribution >= 4 is 17.5 Å². The van der Waals surface area contributed by atoms with Gasteiger partial charge in [-0.3, -0.25) is 14.3 Å². The second-order valence-corrected chi connectivity index (χ2v) is 8.07. The number of aryl methyl sites for hydroxylation is 1. The van der Waals surface area contributed by atoms with Crippen LogP contribution in [0.4, 0.5) is 10.1 Å². The number of halogens is 1. The second kappa shape index (κ2) is 9.05. The van der Waals surface area contributed by atoms with E-state index in [4.69, 9.17) is 4.74 Å². The average Bonchev–Trinajstić information content (AvgIpc) is 3.17. The molecule has 1 saturated heterocycles. The summed E-state index contributed by atoms with van der Waals surface area (Å²) in [6.45, 7) is 3.67. The summed E-state index contributed by atoms with van der Waals surface area (Å²) in [4.78, 5) is 31.8. The van der Waals surface area contributed by atoms with Gasteiger partial charge in [0.15, 0.2) is 0 Å². The minimum Gasteiger partial charge on any atom is -0.384 e. The molecule has 2 aliphatic heterocycles. The van der Waals surface area contributed by atoms with E-state index < -0.39 is 5.92 Å². The second-order valence-electron chi connectivity index (χ2n) is 8.07. The topological polar surface area (TPSA) is 70.9 Å². The molecule has 3 heterocycles. The summed E-state index contributed by atoms with van der Waals surface area (Å²) in [7, 11) is 3.40. The Morgan fingerprint density at radius 3 is 2.52 bits per heavy atom. The maximum absolute atomic E-state index is 13.4. The molecule has 0 bridgehead atoms. The zero-order valence-corrected chi connectivity index (χ0v) is 18.0. The molecule has 166 valence electrons. The number of carbonyl (C=O) groups excluding carboxylic acids is 2. The number of nitrogens with zero attached hydrogens (tertiary/aromatic N) is 5. The van der Waals surface area contributed by atoms with Crippen molar-refractivity contribution in [3.63, 3.8) is 0 Å². The summed E-state index contributed by atoms with van der Waals surface area (Å²) in [6.07, 6.45) is 2.18. The smallest absolute Gasteiger partial charge is 0.233 e. The van der Waals surface area contributed by atoms with E-state index in [-0.39, 0.29) is 17.6 Å². The Morgan fingerprint density at radius 2 is 1.84 bits per heavy atom. The number of carbonyl (C=O) groups is 2. The summed E-state index contributed by atoms with van der Waals surface area (Å²) < 4.78 is 19.9. The standard InChI is InChI=1S/C22H28FN5O3/c1-25-13-16-14-28(20(29)7-12-31-2)15-19(21(16)24-25)22(30)27-10-8-26(9-11-27)18-5-3-17(23)4-6-18/h3-6,13,19H,7-12,14-15H2,1-2H3/t19-/m1/s1. The number of rotatable bonds is 5. The van der Waals surface area contributed by atoms with Crippen molar-refractivity contribution in [2.45, 2.75) is 18.9 Å². The molecule has 4 rings (SSSR count). The van der Waals surface area contributed by atoms with Crippen LogP contribution in [0, 0.1) is 5.82 Å². The first-order valence-electron chi connectivity index (χ1n) is 10.5. The van der Waals surface area contributed by atoms with Crippen LogP contribution in [0.1, 0.15) is 23.6 Å². The van der Waals surface area contributed by atoms with Crippen LogP contribution < -0.4 is 4.90 Å². The molecule has 1 aromatic carbocycles. The van der Waals surface area contributed by atoms with E-state index in [1.807, 2.05) is 18.1 Å². The highest BCUT2D eigenvalue weighted by Gasteiger charge is 2.37. The molecule has 1 atom stereocenters. The highest BCUT2D eigenvalue weighted by Crippen LogP contribution is 2.30. The largest absolute Gasteiger partial charge is 0.384 e. The number of piperazine rings is 1. The minimum atomic E-state index is -0.464. The zero-order chi connectivity index (χ0) is 22.0. The number of benzene rings is 1. The Bertz CT molecular complexity index is 937. The predicted octanol–water partition coefficient (Wildman–Crippen LogP) is 1.37. The molecular weight excluding hydrogens is 401 g/mol. The number of aromatic nitrogens is 2. The molecule has 1 aromatic heterocycles. The summed E-state index contributed by atoms with van der Waals surface area (Å²) in [5.41, 5.74) is 2.64. The van der Waals surface area contributed by atoms with Gasteiger partial charge in [0.05, 0.1) is 18.7 Å². The van der Waals surface area contributed by atoms with Crippen LogP contribution in [0.15, 0.2) is 30.5 Å². The molecule has 0 aliphatic carbocycles. The van der Waals surface area contributed by atoms with E-state index in [1.54, 1.807) is 28.8 Å². The molecule has 8 nitrogen and oxygen atoms in total. The van der Waals surface area contributed by atoms with Gasteiger partial charge in [0.1, 0.15) is 11.7 Å². The highest BCUT2D eigenvalue weighted by molar-refractivity contribution is 5.86. The van der Waals surface area contributed by atoms with E-state index in [9.17, 15) is 14.0 Å². The fourth-order valence-electron chi connectivity index (χ4n) is 4.34. The van der Waals surface area contributed by atoms with Crippen LogP contribution in [0.25, 0.3) is 0 Å². The lowest BCUT2D eigenvalue weighted by molar-refractivity contribution is -0.137. The van der Waals surface area contributed by atoms with Gasteiger partial charge in [-0.25, -0.2) is 4.39 Å². The van der Waals surface area contributed by atoms with Gasteiger partial charge in [-0.1, -0.05) is 0 Å². The number of anilines is 1. The lowest BCUT2D eigenvalue weighted by Gasteiger charge is -2.39. The number of amides is 2. The van der Waals surface area contributed by atoms with E-state index in [1.165, 1.54) is 12.1 Å². The van der Waals surface area contributed by atoms with Gasteiger partial charge in [0.25, 0.3) is 0 Å². The first kappa shape index (κ1) is 21.3. The summed E-state index contributed by atoms with van der Waals surface area (Å²) >= 11 is 0. The molecule has 0 radical (unpaired) electrons. The molecule has 9 heteroatoms. The van der Waals surface area contributed by atoms with E-state index >= 15 is 0 Å². The molecule has 1 fully saturated rings. The van der Waals surface area contributed by atoms with Crippen molar-refractivity contribution in [3.05, 3.63) is 47.5 Å². The molecule has 2 aromatic rings. The fraction of sp³-hybridized carbons (Fsp3) is 0.500. The number of methoxy groups -OCH3 is 1. The summed E-state index contributed by atoms with van der Waals surface area (Å²) in [5, 5.41) is 4.54. The van der Waals surface area contributed by atoms with Crippen LogP contribution in [0.2, 0.25) is 0 Å². The number of ether oxygens (including phenoxy) is 1. The van der Waals surface area contributed by atoms with Crippen LogP contribution in [0.5, 0.6) is 0 Å². The minimum absolute atomic E-state index is 0.00273. The van der Waals surface area contributed by atoms with Gasteiger partial charge in [0.2, 0.25) is 11.8 Å². The van der Waals surface area contributed by atoms with Crippen molar-refractivity contribution in [1.82, 2.24) is 19.6 Å². The third kappa shape index (κ3) is 4.56. The molecule has 0 spiro atoms. The Kier molecular flexibility index (Phi) is 6.22. The Hall–Kier alpha value is -2.94. The number of hydrogen-bond donors (Lipinski definition) is 0. The van der Waals surface area contributed by atoms with Crippen LogP contribution in [-0.2, 0) is 27.9 Å². The Labute approximate surface area is 181 Å². The monoisotopic (exact) mass is 429 g/mol. The fourth-order valence-corrected chi connectivity index (χ4v) is 4.34. The number of hydrogen-bond acceptors (Lipinski definition) is 5. The first-order chi connectivity index (χ1) is 15.0.